The standard InChI is InChI=1S/C13H12N4S/c1-9(10-4-7-14-8-5-10)17-12-11(16-13(17)18)3-2-6-15-12/h2-9H,1H3,(H,16,18). The second-order valence-electron chi connectivity index (χ2n) is 4.13. The van der Waals surface area contributed by atoms with Crippen molar-refractivity contribution in [2.24, 2.45) is 0 Å². The molecule has 0 spiro atoms. The smallest absolute Gasteiger partial charge is 0.179 e. The third-order valence-electron chi connectivity index (χ3n) is 3.05. The molecule has 0 bridgehead atoms. The van der Waals surface area contributed by atoms with Crippen LogP contribution in [0.3, 0.4) is 0 Å². The quantitative estimate of drug-likeness (QED) is 0.717. The molecule has 0 aliphatic rings. The molecular weight excluding hydrogens is 244 g/mol. The van der Waals surface area contributed by atoms with E-state index in [1.807, 2.05) is 28.8 Å². The monoisotopic (exact) mass is 256 g/mol. The molecule has 0 saturated carbocycles. The van der Waals surface area contributed by atoms with Crippen LogP contribution in [0.25, 0.3) is 11.2 Å². The molecule has 1 N–H and O–H groups in total. The van der Waals surface area contributed by atoms with E-state index in [-0.39, 0.29) is 6.04 Å². The van der Waals surface area contributed by atoms with E-state index in [2.05, 4.69) is 21.9 Å². The number of rotatable bonds is 2. The molecule has 0 amide bonds. The van der Waals surface area contributed by atoms with Gasteiger partial charge in [-0.1, -0.05) is 0 Å². The normalized spacial score (nSPS) is 12.7. The van der Waals surface area contributed by atoms with Crippen LogP contribution in [0.4, 0.5) is 0 Å². The first kappa shape index (κ1) is 11.1. The molecule has 3 rings (SSSR count). The van der Waals surface area contributed by atoms with Gasteiger partial charge in [-0.3, -0.25) is 9.55 Å². The van der Waals surface area contributed by atoms with Gasteiger partial charge in [0.2, 0.25) is 0 Å². The van der Waals surface area contributed by atoms with Gasteiger partial charge in [0.1, 0.15) is 0 Å². The van der Waals surface area contributed by atoms with Crippen LogP contribution in [0.1, 0.15) is 18.5 Å². The van der Waals surface area contributed by atoms with Crippen LogP contribution in [0.5, 0.6) is 0 Å². The van der Waals surface area contributed by atoms with Crippen LogP contribution in [0.2, 0.25) is 0 Å². The molecule has 90 valence electrons. The van der Waals surface area contributed by atoms with E-state index >= 15 is 0 Å². The number of H-pyrrole nitrogens is 1. The highest BCUT2D eigenvalue weighted by molar-refractivity contribution is 7.71. The Morgan fingerprint density at radius 3 is 2.78 bits per heavy atom. The SMILES string of the molecule is CC(c1ccncc1)n1c(=S)[nH]c2cccnc21. The third-order valence-corrected chi connectivity index (χ3v) is 3.35. The van der Waals surface area contributed by atoms with E-state index in [1.54, 1.807) is 18.6 Å². The van der Waals surface area contributed by atoms with Crippen molar-refractivity contribution < 1.29 is 0 Å². The molecule has 0 radical (unpaired) electrons. The number of fused-ring (bicyclic) bond motifs is 1. The molecule has 1 atom stereocenters. The molecule has 4 nitrogen and oxygen atoms in total. The minimum atomic E-state index is 0.129. The summed E-state index contributed by atoms with van der Waals surface area (Å²) in [5.41, 5.74) is 3.00. The van der Waals surface area contributed by atoms with Gasteiger partial charge in [-0.25, -0.2) is 4.98 Å². The van der Waals surface area contributed by atoms with Gasteiger partial charge in [0, 0.05) is 18.6 Å². The van der Waals surface area contributed by atoms with E-state index in [4.69, 9.17) is 12.2 Å². The fraction of sp³-hybridized carbons (Fsp3) is 0.154. The molecule has 3 heterocycles. The van der Waals surface area contributed by atoms with Crippen molar-refractivity contribution in [1.82, 2.24) is 19.5 Å². The lowest BCUT2D eigenvalue weighted by atomic mass is 10.1. The molecule has 0 fully saturated rings. The summed E-state index contributed by atoms with van der Waals surface area (Å²) in [6.07, 6.45) is 5.36. The highest BCUT2D eigenvalue weighted by Crippen LogP contribution is 2.22. The maximum absolute atomic E-state index is 5.38. The van der Waals surface area contributed by atoms with Crippen molar-refractivity contribution in [3.63, 3.8) is 0 Å². The van der Waals surface area contributed by atoms with Crippen molar-refractivity contribution in [2.45, 2.75) is 13.0 Å². The summed E-state index contributed by atoms with van der Waals surface area (Å²) < 4.78 is 2.72. The van der Waals surface area contributed by atoms with Crippen molar-refractivity contribution in [2.75, 3.05) is 0 Å². The maximum atomic E-state index is 5.38. The minimum Gasteiger partial charge on any atom is -0.329 e. The number of pyridine rings is 2. The van der Waals surface area contributed by atoms with E-state index < -0.39 is 0 Å². The zero-order valence-corrected chi connectivity index (χ0v) is 10.7. The topological polar surface area (TPSA) is 46.5 Å². The van der Waals surface area contributed by atoms with Crippen molar-refractivity contribution >= 4 is 23.4 Å². The molecule has 1 unspecified atom stereocenters. The van der Waals surface area contributed by atoms with Crippen molar-refractivity contribution in [1.29, 1.82) is 0 Å². The Morgan fingerprint density at radius 2 is 2.00 bits per heavy atom. The number of nitrogens with one attached hydrogen (secondary N) is 1. The third kappa shape index (κ3) is 1.73. The summed E-state index contributed by atoms with van der Waals surface area (Å²) >= 11 is 5.38. The Labute approximate surface area is 109 Å². The van der Waals surface area contributed by atoms with Gasteiger partial charge in [-0.2, -0.15) is 0 Å². The fourth-order valence-corrected chi connectivity index (χ4v) is 2.46. The lowest BCUT2D eigenvalue weighted by molar-refractivity contribution is 0.643. The summed E-state index contributed by atoms with van der Waals surface area (Å²) in [5, 5.41) is 0. The predicted molar refractivity (Wildman–Crippen MR) is 73.0 cm³/mol. The van der Waals surface area contributed by atoms with Gasteiger partial charge >= 0.3 is 0 Å². The fourth-order valence-electron chi connectivity index (χ4n) is 2.11. The van der Waals surface area contributed by atoms with E-state index in [9.17, 15) is 0 Å². The first-order valence-electron chi connectivity index (χ1n) is 5.72. The first-order chi connectivity index (χ1) is 8.77. The van der Waals surface area contributed by atoms with Crippen molar-refractivity contribution in [3.8, 4) is 0 Å². The molecule has 5 heteroatoms. The van der Waals surface area contributed by atoms with Crippen LogP contribution in [0.15, 0.2) is 42.9 Å². The summed E-state index contributed by atoms with van der Waals surface area (Å²) in [6.45, 7) is 2.10. The average Bonchev–Trinajstić information content (AvgIpc) is 2.75. The molecule has 0 aliphatic heterocycles. The number of aromatic amines is 1. The zero-order valence-electron chi connectivity index (χ0n) is 9.87. The minimum absolute atomic E-state index is 0.129. The number of imidazole rings is 1. The molecule has 3 aromatic rings. The Balaban J connectivity index is 2.20. The summed E-state index contributed by atoms with van der Waals surface area (Å²) in [7, 11) is 0. The van der Waals surface area contributed by atoms with Gasteiger partial charge in [0.05, 0.1) is 11.6 Å². The molecular formula is C13H12N4S. The highest BCUT2D eigenvalue weighted by Gasteiger charge is 2.13. The molecule has 0 saturated heterocycles. The second-order valence-corrected chi connectivity index (χ2v) is 4.52. The Kier molecular flexibility index (Phi) is 2.68. The summed E-state index contributed by atoms with van der Waals surface area (Å²) in [6, 6.07) is 8.00. The Bertz CT molecular complexity index is 729. The van der Waals surface area contributed by atoms with Gasteiger partial charge in [-0.05, 0) is 49.0 Å². The van der Waals surface area contributed by atoms with Crippen LogP contribution >= 0.6 is 12.2 Å². The lowest BCUT2D eigenvalue weighted by Gasteiger charge is -2.13. The largest absolute Gasteiger partial charge is 0.329 e. The van der Waals surface area contributed by atoms with Gasteiger partial charge in [0.25, 0.3) is 0 Å². The van der Waals surface area contributed by atoms with Gasteiger partial charge < -0.3 is 4.98 Å². The predicted octanol–water partition coefficient (Wildman–Crippen LogP) is 3.10. The van der Waals surface area contributed by atoms with Crippen LogP contribution in [0, 0.1) is 4.77 Å². The van der Waals surface area contributed by atoms with E-state index in [0.29, 0.717) is 4.77 Å². The molecule has 0 aliphatic carbocycles. The summed E-state index contributed by atoms with van der Waals surface area (Å²) in [5.74, 6) is 0. The van der Waals surface area contributed by atoms with Crippen molar-refractivity contribution in [3.05, 3.63) is 53.2 Å². The Hall–Kier alpha value is -2.01. The highest BCUT2D eigenvalue weighted by atomic mass is 32.1. The zero-order chi connectivity index (χ0) is 12.5. The van der Waals surface area contributed by atoms with E-state index in [0.717, 1.165) is 16.7 Å². The first-order valence-corrected chi connectivity index (χ1v) is 6.13. The number of nitrogens with zero attached hydrogens (tertiary/aromatic N) is 3. The molecule has 18 heavy (non-hydrogen) atoms. The lowest BCUT2D eigenvalue weighted by Crippen LogP contribution is -2.07. The molecule has 0 aromatic carbocycles. The maximum Gasteiger partial charge on any atom is 0.179 e. The Morgan fingerprint density at radius 1 is 1.22 bits per heavy atom. The molecule has 3 aromatic heterocycles. The van der Waals surface area contributed by atoms with Gasteiger partial charge in [-0.15, -0.1) is 0 Å². The van der Waals surface area contributed by atoms with Gasteiger partial charge in [0.15, 0.2) is 10.4 Å². The number of aromatic nitrogens is 4. The van der Waals surface area contributed by atoms with Crippen LogP contribution < -0.4 is 0 Å². The second kappa shape index (κ2) is 4.34. The van der Waals surface area contributed by atoms with E-state index in [1.165, 1.54) is 0 Å². The summed E-state index contributed by atoms with van der Waals surface area (Å²) in [4.78, 5) is 11.6. The van der Waals surface area contributed by atoms with Crippen LogP contribution in [-0.2, 0) is 0 Å². The average molecular weight is 256 g/mol. The number of hydrogen-bond donors (Lipinski definition) is 1. The van der Waals surface area contributed by atoms with Crippen LogP contribution in [-0.4, -0.2) is 19.5 Å². The number of hydrogen-bond acceptors (Lipinski definition) is 3.